The normalized spacial score (nSPS) is 17.7. The molecule has 1 aliphatic carbocycles. The lowest BCUT2D eigenvalue weighted by atomic mass is 9.66. The van der Waals surface area contributed by atoms with E-state index >= 15 is 0 Å². The molecule has 1 saturated carbocycles. The van der Waals surface area contributed by atoms with Crippen molar-refractivity contribution in [1.29, 1.82) is 0 Å². The maximum absolute atomic E-state index is 13.1. The first-order chi connectivity index (χ1) is 9.84. The molecule has 1 aromatic rings. The van der Waals surface area contributed by atoms with E-state index in [4.69, 9.17) is 11.6 Å². The first-order valence-electron chi connectivity index (χ1n) is 6.82. The molecular weight excluding hydrogens is 297 g/mol. The van der Waals surface area contributed by atoms with E-state index in [1.165, 1.54) is 12.1 Å². The van der Waals surface area contributed by atoms with Crippen LogP contribution in [-0.2, 0) is 9.59 Å². The van der Waals surface area contributed by atoms with Gasteiger partial charge in [0.1, 0.15) is 5.82 Å². The maximum atomic E-state index is 13.1. The zero-order valence-electron chi connectivity index (χ0n) is 11.7. The molecule has 0 saturated heterocycles. The lowest BCUT2D eigenvalue weighted by Crippen LogP contribution is -2.43. The third-order valence-electron chi connectivity index (χ3n) is 4.08. The van der Waals surface area contributed by atoms with Crippen molar-refractivity contribution in [2.45, 2.75) is 38.6 Å². The Morgan fingerprint density at radius 2 is 2.14 bits per heavy atom. The van der Waals surface area contributed by atoms with Crippen molar-refractivity contribution in [2.75, 3.05) is 0 Å². The topological polar surface area (TPSA) is 66.4 Å². The van der Waals surface area contributed by atoms with Gasteiger partial charge in [-0.2, -0.15) is 0 Å². The number of carboxylic acid groups (broad SMARTS) is 1. The fourth-order valence-electron chi connectivity index (χ4n) is 2.53. The number of rotatable bonds is 5. The summed E-state index contributed by atoms with van der Waals surface area (Å²) >= 11 is 5.71. The van der Waals surface area contributed by atoms with Gasteiger partial charge in [-0.15, -0.1) is 0 Å². The van der Waals surface area contributed by atoms with Crippen molar-refractivity contribution in [3.05, 3.63) is 34.6 Å². The molecule has 1 aromatic carbocycles. The Bertz CT molecular complexity index is 572. The van der Waals surface area contributed by atoms with Gasteiger partial charge >= 0.3 is 5.97 Å². The number of carbonyl (C=O) groups is 2. The van der Waals surface area contributed by atoms with Crippen LogP contribution in [0.5, 0.6) is 0 Å². The highest BCUT2D eigenvalue weighted by Gasteiger charge is 2.45. The van der Waals surface area contributed by atoms with E-state index in [0.717, 1.165) is 6.42 Å². The summed E-state index contributed by atoms with van der Waals surface area (Å²) < 4.78 is 13.1. The molecule has 21 heavy (non-hydrogen) atoms. The average molecular weight is 314 g/mol. The van der Waals surface area contributed by atoms with Crippen molar-refractivity contribution in [1.82, 2.24) is 5.32 Å². The van der Waals surface area contributed by atoms with Gasteiger partial charge in [0.05, 0.1) is 16.5 Å². The smallest absolute Gasteiger partial charge is 0.310 e. The fraction of sp³-hybridized carbons (Fsp3) is 0.467. The van der Waals surface area contributed by atoms with Crippen molar-refractivity contribution in [3.63, 3.8) is 0 Å². The van der Waals surface area contributed by atoms with Crippen LogP contribution < -0.4 is 5.32 Å². The van der Waals surface area contributed by atoms with Gasteiger partial charge in [0.2, 0.25) is 5.91 Å². The van der Waals surface area contributed by atoms with Crippen molar-refractivity contribution < 1.29 is 19.1 Å². The quantitative estimate of drug-likeness (QED) is 0.876. The molecule has 1 amide bonds. The maximum Gasteiger partial charge on any atom is 0.310 e. The number of aliphatic carboxylic acids is 1. The van der Waals surface area contributed by atoms with Gasteiger partial charge in [-0.3, -0.25) is 9.59 Å². The number of hydrogen-bond donors (Lipinski definition) is 2. The van der Waals surface area contributed by atoms with E-state index in [1.54, 1.807) is 13.0 Å². The van der Waals surface area contributed by atoms with Crippen molar-refractivity contribution in [3.8, 4) is 0 Å². The van der Waals surface area contributed by atoms with Gasteiger partial charge in [-0.25, -0.2) is 4.39 Å². The van der Waals surface area contributed by atoms with E-state index < -0.39 is 17.2 Å². The van der Waals surface area contributed by atoms with Crippen molar-refractivity contribution >= 4 is 23.5 Å². The number of hydrogen-bond acceptors (Lipinski definition) is 2. The monoisotopic (exact) mass is 313 g/mol. The molecule has 4 nitrogen and oxygen atoms in total. The Kier molecular flexibility index (Phi) is 4.52. The molecule has 1 unspecified atom stereocenters. The molecule has 114 valence electrons. The van der Waals surface area contributed by atoms with Gasteiger partial charge in [0.15, 0.2) is 0 Å². The SMILES string of the molecule is CC(NC(=O)CC1(C(=O)O)CCC1)c1ccc(F)c(Cl)c1. The van der Waals surface area contributed by atoms with Crippen LogP contribution in [0.3, 0.4) is 0 Å². The minimum atomic E-state index is -0.915. The molecule has 1 atom stereocenters. The summed E-state index contributed by atoms with van der Waals surface area (Å²) in [5.41, 5.74) is -0.239. The molecule has 2 rings (SSSR count). The Morgan fingerprint density at radius 3 is 2.62 bits per heavy atom. The first kappa shape index (κ1) is 15.8. The highest BCUT2D eigenvalue weighted by atomic mass is 35.5. The molecule has 1 aliphatic rings. The standard InChI is InChI=1S/C15H17ClFNO3/c1-9(10-3-4-12(17)11(16)7-10)18-13(19)8-15(14(20)21)5-2-6-15/h3-4,7,9H,2,5-6,8H2,1H3,(H,18,19)(H,20,21). The second-order valence-corrected chi connectivity index (χ2v) is 5.99. The zero-order chi connectivity index (χ0) is 15.6. The van der Waals surface area contributed by atoms with Crippen LogP contribution in [0.15, 0.2) is 18.2 Å². The second kappa shape index (κ2) is 6.02. The van der Waals surface area contributed by atoms with Gasteiger partial charge in [-0.1, -0.05) is 24.1 Å². The fourth-order valence-corrected chi connectivity index (χ4v) is 2.72. The molecule has 0 aromatic heterocycles. The van der Waals surface area contributed by atoms with E-state index in [-0.39, 0.29) is 23.4 Å². The number of carbonyl (C=O) groups excluding carboxylic acids is 1. The van der Waals surface area contributed by atoms with E-state index in [0.29, 0.717) is 18.4 Å². The number of benzene rings is 1. The number of halogens is 2. The molecular formula is C15H17ClFNO3. The third kappa shape index (κ3) is 3.35. The van der Waals surface area contributed by atoms with Crippen LogP contribution in [0.25, 0.3) is 0 Å². The molecule has 0 bridgehead atoms. The minimum absolute atomic E-state index is 0.00500. The summed E-state index contributed by atoms with van der Waals surface area (Å²) in [6, 6.07) is 3.88. The van der Waals surface area contributed by atoms with Gasteiger partial charge in [0.25, 0.3) is 0 Å². The van der Waals surface area contributed by atoms with Crippen LogP contribution in [0.1, 0.15) is 44.2 Å². The summed E-state index contributed by atoms with van der Waals surface area (Å²) in [6.45, 7) is 1.75. The third-order valence-corrected chi connectivity index (χ3v) is 4.37. The van der Waals surface area contributed by atoms with Gasteiger partial charge < -0.3 is 10.4 Å². The van der Waals surface area contributed by atoms with Crippen LogP contribution in [0, 0.1) is 11.2 Å². The lowest BCUT2D eigenvalue weighted by molar-refractivity contribution is -0.157. The minimum Gasteiger partial charge on any atom is -0.481 e. The molecule has 0 aliphatic heterocycles. The van der Waals surface area contributed by atoms with Crippen LogP contribution in [0.2, 0.25) is 5.02 Å². The largest absolute Gasteiger partial charge is 0.481 e. The predicted molar refractivity (Wildman–Crippen MR) is 76.5 cm³/mol. The number of nitrogens with one attached hydrogen (secondary N) is 1. The van der Waals surface area contributed by atoms with Crippen LogP contribution in [-0.4, -0.2) is 17.0 Å². The zero-order valence-corrected chi connectivity index (χ0v) is 12.4. The summed E-state index contributed by atoms with van der Waals surface area (Å²) in [5, 5.41) is 11.9. The Balaban J connectivity index is 1.99. The van der Waals surface area contributed by atoms with E-state index in [2.05, 4.69) is 5.32 Å². The van der Waals surface area contributed by atoms with Gasteiger partial charge in [-0.05, 0) is 37.5 Å². The highest BCUT2D eigenvalue weighted by molar-refractivity contribution is 6.30. The summed E-state index contributed by atoms with van der Waals surface area (Å²) in [5.74, 6) is -1.75. The van der Waals surface area contributed by atoms with Crippen LogP contribution >= 0.6 is 11.6 Å². The predicted octanol–water partition coefficient (Wildman–Crippen LogP) is 3.30. The van der Waals surface area contributed by atoms with E-state index in [9.17, 15) is 19.1 Å². The summed E-state index contributed by atoms with van der Waals surface area (Å²) in [6.07, 6.45) is 1.88. The Labute approximate surface area is 127 Å². The van der Waals surface area contributed by atoms with E-state index in [1.807, 2.05) is 0 Å². The van der Waals surface area contributed by atoms with Gasteiger partial charge in [0, 0.05) is 6.42 Å². The molecule has 0 heterocycles. The number of carboxylic acids is 1. The summed E-state index contributed by atoms with van der Waals surface area (Å²) in [4.78, 5) is 23.2. The highest BCUT2D eigenvalue weighted by Crippen LogP contribution is 2.44. The molecule has 2 N–H and O–H groups in total. The van der Waals surface area contributed by atoms with Crippen molar-refractivity contribution in [2.24, 2.45) is 5.41 Å². The molecule has 6 heteroatoms. The first-order valence-corrected chi connectivity index (χ1v) is 7.19. The lowest BCUT2D eigenvalue weighted by Gasteiger charge is -2.37. The average Bonchev–Trinajstić information content (AvgIpc) is 2.36. The summed E-state index contributed by atoms with van der Waals surface area (Å²) in [7, 11) is 0. The number of amides is 1. The molecule has 1 fully saturated rings. The second-order valence-electron chi connectivity index (χ2n) is 5.58. The Hall–Kier alpha value is -1.62. The Morgan fingerprint density at radius 1 is 1.48 bits per heavy atom. The molecule has 0 spiro atoms. The van der Waals surface area contributed by atoms with Crippen LogP contribution in [0.4, 0.5) is 4.39 Å². The molecule has 0 radical (unpaired) electrons.